The van der Waals surface area contributed by atoms with E-state index in [1.807, 2.05) is 0 Å². The van der Waals surface area contributed by atoms with Gasteiger partial charge in [-0.15, -0.1) is 0 Å². The normalized spacial score (nSPS) is 11.4. The summed E-state index contributed by atoms with van der Waals surface area (Å²) in [7, 11) is 0. The molecule has 0 bridgehead atoms. The summed E-state index contributed by atoms with van der Waals surface area (Å²) < 4.78 is 7.16. The molecule has 0 atom stereocenters. The van der Waals surface area contributed by atoms with Crippen molar-refractivity contribution in [1.29, 1.82) is 0 Å². The van der Waals surface area contributed by atoms with E-state index in [-0.39, 0.29) is 0 Å². The zero-order valence-corrected chi connectivity index (χ0v) is 35.6. The zero-order valence-electron chi connectivity index (χ0n) is 35.6. The van der Waals surface area contributed by atoms with Crippen molar-refractivity contribution in [3.63, 3.8) is 0 Å². The predicted octanol–water partition coefficient (Wildman–Crippen LogP) is 17.8. The summed E-state index contributed by atoms with van der Waals surface area (Å²) >= 11 is 0. The molecule has 0 N–H and O–H groups in total. The van der Waals surface area contributed by atoms with Crippen molar-refractivity contribution in [2.75, 3.05) is 9.80 Å². The maximum absolute atomic E-state index is 7.16. The maximum Gasteiger partial charge on any atom is 0.161 e. The molecular formula is C62H42N2O. The van der Waals surface area contributed by atoms with Crippen LogP contribution in [0.2, 0.25) is 0 Å². The van der Waals surface area contributed by atoms with Crippen LogP contribution in [0.5, 0.6) is 0 Å². The second-order valence-corrected chi connectivity index (χ2v) is 16.5. The number of hydrogen-bond acceptors (Lipinski definition) is 3. The Bertz CT molecular complexity index is 3620. The van der Waals surface area contributed by atoms with Crippen LogP contribution < -0.4 is 9.80 Å². The smallest absolute Gasteiger partial charge is 0.161 e. The van der Waals surface area contributed by atoms with Crippen LogP contribution in [0.1, 0.15) is 0 Å². The number of anilines is 6. The van der Waals surface area contributed by atoms with Gasteiger partial charge in [0.2, 0.25) is 0 Å². The lowest BCUT2D eigenvalue weighted by Gasteiger charge is -2.29. The molecule has 0 saturated carbocycles. The van der Waals surface area contributed by atoms with Gasteiger partial charge in [-0.1, -0.05) is 182 Å². The Kier molecular flexibility index (Phi) is 9.50. The van der Waals surface area contributed by atoms with E-state index in [0.717, 1.165) is 72.4 Å². The molecule has 65 heavy (non-hydrogen) atoms. The third-order valence-electron chi connectivity index (χ3n) is 12.6. The fourth-order valence-electron chi connectivity index (χ4n) is 9.55. The maximum atomic E-state index is 7.16. The number of nitrogens with zero attached hydrogens (tertiary/aromatic N) is 2. The quantitative estimate of drug-likeness (QED) is 0.144. The molecule has 0 unspecified atom stereocenters. The highest BCUT2D eigenvalue weighted by Gasteiger charge is 2.26. The first-order chi connectivity index (χ1) is 32.2. The van der Waals surface area contributed by atoms with Crippen molar-refractivity contribution in [2.45, 2.75) is 0 Å². The molecule has 0 saturated heterocycles. The van der Waals surface area contributed by atoms with Gasteiger partial charge in [-0.25, -0.2) is 0 Å². The van der Waals surface area contributed by atoms with E-state index < -0.39 is 0 Å². The van der Waals surface area contributed by atoms with Gasteiger partial charge in [-0.3, -0.25) is 0 Å². The van der Waals surface area contributed by atoms with Crippen molar-refractivity contribution in [1.82, 2.24) is 0 Å². The molecule has 3 heteroatoms. The molecule has 0 radical (unpaired) electrons. The number of para-hydroxylation sites is 2. The van der Waals surface area contributed by atoms with Gasteiger partial charge in [0.15, 0.2) is 5.58 Å². The summed E-state index contributed by atoms with van der Waals surface area (Å²) in [6.07, 6.45) is 0. The molecule has 0 amide bonds. The Hall–Kier alpha value is -8.66. The molecule has 0 spiro atoms. The fraction of sp³-hybridized carbons (Fsp3) is 0. The van der Waals surface area contributed by atoms with Gasteiger partial charge < -0.3 is 14.2 Å². The Morgan fingerprint density at radius 3 is 1.25 bits per heavy atom. The van der Waals surface area contributed by atoms with E-state index in [9.17, 15) is 0 Å². The van der Waals surface area contributed by atoms with Gasteiger partial charge in [0.05, 0.1) is 16.8 Å². The lowest BCUT2D eigenvalue weighted by Crippen LogP contribution is -2.13. The summed E-state index contributed by atoms with van der Waals surface area (Å²) in [4.78, 5) is 4.69. The Labute approximate surface area is 378 Å². The summed E-state index contributed by atoms with van der Waals surface area (Å²) in [6, 6.07) is 91.1. The minimum atomic E-state index is 0.811. The molecule has 1 heterocycles. The molecule has 1 aromatic heterocycles. The van der Waals surface area contributed by atoms with Gasteiger partial charge >= 0.3 is 0 Å². The van der Waals surface area contributed by atoms with Crippen molar-refractivity contribution in [2.24, 2.45) is 0 Å². The first kappa shape index (κ1) is 38.0. The number of hydrogen-bond donors (Lipinski definition) is 0. The standard InChI is InChI=1S/C62H42N2O/c1-5-17-43(18-6-1)44-29-33-52(34-30-44)64(50-25-11-4-12-26-50)59-40-39-58(61-57-41-47-21-13-14-22-48(47)42-60(57)65-62(59)61)63(49-23-9-3-10-24-49)51-35-31-46(32-36-51)54-38-37-53(45-19-7-2-8-20-45)55-27-15-16-28-56(54)55/h1-42H. The average molecular weight is 831 g/mol. The molecule has 0 aliphatic heterocycles. The van der Waals surface area contributed by atoms with Crippen LogP contribution in [0.3, 0.4) is 0 Å². The van der Waals surface area contributed by atoms with Crippen LogP contribution in [0.15, 0.2) is 259 Å². The van der Waals surface area contributed by atoms with E-state index in [4.69, 9.17) is 4.42 Å². The molecule has 0 aliphatic rings. The number of rotatable bonds is 9. The first-order valence-electron chi connectivity index (χ1n) is 22.2. The largest absolute Gasteiger partial charge is 0.454 e. The number of furan rings is 1. The lowest BCUT2D eigenvalue weighted by atomic mass is 9.92. The number of benzene rings is 11. The van der Waals surface area contributed by atoms with E-state index in [1.54, 1.807) is 0 Å². The van der Waals surface area contributed by atoms with Crippen LogP contribution in [-0.4, -0.2) is 0 Å². The van der Waals surface area contributed by atoms with Gasteiger partial charge in [0.25, 0.3) is 0 Å². The Balaban J connectivity index is 1.05. The molecule has 0 aliphatic carbocycles. The first-order valence-corrected chi connectivity index (χ1v) is 22.2. The zero-order chi connectivity index (χ0) is 43.1. The topological polar surface area (TPSA) is 19.6 Å². The number of fused-ring (bicyclic) bond motifs is 5. The highest BCUT2D eigenvalue weighted by molar-refractivity contribution is 6.20. The molecule has 12 aromatic rings. The van der Waals surface area contributed by atoms with Gasteiger partial charge in [0.1, 0.15) is 5.58 Å². The van der Waals surface area contributed by atoms with E-state index in [2.05, 4.69) is 265 Å². The Morgan fingerprint density at radius 1 is 0.277 bits per heavy atom. The second-order valence-electron chi connectivity index (χ2n) is 16.5. The minimum Gasteiger partial charge on any atom is -0.454 e. The third kappa shape index (κ3) is 6.87. The van der Waals surface area contributed by atoms with Crippen molar-refractivity contribution in [3.8, 4) is 33.4 Å². The highest BCUT2D eigenvalue weighted by atomic mass is 16.3. The van der Waals surface area contributed by atoms with Gasteiger partial charge in [-0.05, 0) is 128 Å². The Morgan fingerprint density at radius 2 is 0.677 bits per heavy atom. The van der Waals surface area contributed by atoms with Gasteiger partial charge in [0, 0.05) is 28.1 Å². The SMILES string of the molecule is c1ccc(-c2ccc(N(c3ccccc3)c3ccc(N(c4ccccc4)c4ccc(-c5ccc(-c6ccccc6)c6ccccc56)cc4)c4c3oc3cc5ccccc5cc34)cc2)cc1. The van der Waals surface area contributed by atoms with Crippen molar-refractivity contribution >= 4 is 77.6 Å². The molecular weight excluding hydrogens is 789 g/mol. The predicted molar refractivity (Wildman–Crippen MR) is 274 cm³/mol. The monoisotopic (exact) mass is 830 g/mol. The third-order valence-corrected chi connectivity index (χ3v) is 12.6. The summed E-state index contributed by atoms with van der Waals surface area (Å²) in [6.45, 7) is 0. The van der Waals surface area contributed by atoms with Crippen molar-refractivity contribution < 1.29 is 4.42 Å². The molecule has 0 fully saturated rings. The summed E-state index contributed by atoms with van der Waals surface area (Å²) in [5.41, 5.74) is 15.0. The van der Waals surface area contributed by atoms with E-state index in [1.165, 1.54) is 38.6 Å². The molecule has 12 rings (SSSR count). The van der Waals surface area contributed by atoms with E-state index in [0.29, 0.717) is 0 Å². The highest BCUT2D eigenvalue weighted by Crippen LogP contribution is 2.49. The molecule has 3 nitrogen and oxygen atoms in total. The van der Waals surface area contributed by atoms with Crippen LogP contribution in [0.25, 0.3) is 76.9 Å². The summed E-state index contributed by atoms with van der Waals surface area (Å²) in [5, 5.41) is 6.87. The van der Waals surface area contributed by atoms with Crippen LogP contribution in [-0.2, 0) is 0 Å². The van der Waals surface area contributed by atoms with Crippen molar-refractivity contribution in [3.05, 3.63) is 255 Å². The van der Waals surface area contributed by atoms with Crippen LogP contribution in [0, 0.1) is 0 Å². The molecule has 306 valence electrons. The van der Waals surface area contributed by atoms with Crippen LogP contribution >= 0.6 is 0 Å². The summed E-state index contributed by atoms with van der Waals surface area (Å²) in [5.74, 6) is 0. The van der Waals surface area contributed by atoms with E-state index >= 15 is 0 Å². The molecule has 11 aromatic carbocycles. The second kappa shape index (κ2) is 16.2. The van der Waals surface area contributed by atoms with Crippen LogP contribution in [0.4, 0.5) is 34.1 Å². The fourth-order valence-corrected chi connectivity index (χ4v) is 9.55. The lowest BCUT2D eigenvalue weighted by molar-refractivity contribution is 0.669. The average Bonchev–Trinajstić information content (AvgIpc) is 3.76. The minimum absolute atomic E-state index is 0.811. The van der Waals surface area contributed by atoms with Gasteiger partial charge in [-0.2, -0.15) is 0 Å².